The lowest BCUT2D eigenvalue weighted by molar-refractivity contribution is -0.152. The Morgan fingerprint density at radius 2 is 2.45 bits per heavy atom. The summed E-state index contributed by atoms with van der Waals surface area (Å²) in [5, 5.41) is 8.43. The van der Waals surface area contributed by atoms with E-state index in [2.05, 4.69) is 0 Å². The molecule has 1 aliphatic rings. The van der Waals surface area contributed by atoms with Gasteiger partial charge in [-0.05, 0) is 13.3 Å². The van der Waals surface area contributed by atoms with Gasteiger partial charge >= 0.3 is 11.9 Å². The molecular weight excluding hydrogens is 148 g/mol. The predicted molar refractivity (Wildman–Crippen MR) is 36.0 cm³/mol. The third kappa shape index (κ3) is 1.93. The monoisotopic (exact) mass is 158 g/mol. The lowest BCUT2D eigenvalue weighted by Crippen LogP contribution is -2.27. The highest BCUT2D eigenvalue weighted by molar-refractivity contribution is 5.75. The van der Waals surface area contributed by atoms with Gasteiger partial charge < -0.3 is 9.84 Å². The first kappa shape index (κ1) is 8.04. The molecule has 1 aliphatic heterocycles. The first-order chi connectivity index (χ1) is 5.02. The number of carboxylic acid groups (broad SMARTS) is 1. The molecular formula is C7H10O4. The number of rotatable bonds is 2. The molecule has 1 N–H and O–H groups in total. The Kier molecular flexibility index (Phi) is 1.85. The SMILES string of the molecule is C[C@]1(CC(=O)O)CCC(=O)O1. The van der Waals surface area contributed by atoms with Gasteiger partial charge in [-0.1, -0.05) is 0 Å². The van der Waals surface area contributed by atoms with Crippen molar-refractivity contribution >= 4 is 11.9 Å². The van der Waals surface area contributed by atoms with Crippen molar-refractivity contribution in [2.45, 2.75) is 31.8 Å². The summed E-state index contributed by atoms with van der Waals surface area (Å²) in [7, 11) is 0. The van der Waals surface area contributed by atoms with Crippen molar-refractivity contribution in [3.63, 3.8) is 0 Å². The van der Waals surface area contributed by atoms with Crippen LogP contribution < -0.4 is 0 Å². The summed E-state index contributed by atoms with van der Waals surface area (Å²) in [4.78, 5) is 20.9. The number of cyclic esters (lactones) is 1. The largest absolute Gasteiger partial charge is 0.481 e. The Bertz CT molecular complexity index is 199. The van der Waals surface area contributed by atoms with Crippen molar-refractivity contribution in [1.82, 2.24) is 0 Å². The minimum atomic E-state index is -0.929. The zero-order chi connectivity index (χ0) is 8.48. The zero-order valence-corrected chi connectivity index (χ0v) is 6.29. The number of carboxylic acids is 1. The van der Waals surface area contributed by atoms with Crippen molar-refractivity contribution < 1.29 is 19.4 Å². The van der Waals surface area contributed by atoms with Crippen LogP contribution in [-0.4, -0.2) is 22.6 Å². The van der Waals surface area contributed by atoms with Crippen LogP contribution >= 0.6 is 0 Å². The Morgan fingerprint density at radius 1 is 1.82 bits per heavy atom. The number of hydrogen-bond acceptors (Lipinski definition) is 3. The van der Waals surface area contributed by atoms with Gasteiger partial charge in [0.1, 0.15) is 5.60 Å². The number of carbonyl (C=O) groups is 2. The smallest absolute Gasteiger partial charge is 0.307 e. The molecule has 0 unspecified atom stereocenters. The van der Waals surface area contributed by atoms with Crippen LogP contribution in [0.1, 0.15) is 26.2 Å². The molecule has 4 heteroatoms. The third-order valence-electron chi connectivity index (χ3n) is 1.74. The number of aliphatic carboxylic acids is 1. The first-order valence-corrected chi connectivity index (χ1v) is 3.45. The molecule has 0 aromatic carbocycles. The van der Waals surface area contributed by atoms with Gasteiger partial charge in [0.2, 0.25) is 0 Å². The minimum absolute atomic E-state index is 0.0985. The molecule has 0 radical (unpaired) electrons. The van der Waals surface area contributed by atoms with Gasteiger partial charge in [0.15, 0.2) is 0 Å². The average Bonchev–Trinajstić information content (AvgIpc) is 2.08. The molecule has 1 heterocycles. The highest BCUT2D eigenvalue weighted by Crippen LogP contribution is 2.28. The second-order valence-corrected chi connectivity index (χ2v) is 2.99. The number of esters is 1. The van der Waals surface area contributed by atoms with Crippen LogP contribution in [0.3, 0.4) is 0 Å². The van der Waals surface area contributed by atoms with E-state index in [0.717, 1.165) is 0 Å². The van der Waals surface area contributed by atoms with Crippen LogP contribution in [0.2, 0.25) is 0 Å². The fourth-order valence-electron chi connectivity index (χ4n) is 1.19. The first-order valence-electron chi connectivity index (χ1n) is 3.45. The van der Waals surface area contributed by atoms with Crippen LogP contribution in [0, 0.1) is 0 Å². The molecule has 0 saturated carbocycles. The Balaban J connectivity index is 2.55. The summed E-state index contributed by atoms with van der Waals surface area (Å²) >= 11 is 0. The van der Waals surface area contributed by atoms with E-state index in [-0.39, 0.29) is 12.4 Å². The van der Waals surface area contributed by atoms with E-state index in [1.807, 2.05) is 0 Å². The van der Waals surface area contributed by atoms with Crippen LogP contribution in [0.15, 0.2) is 0 Å². The topological polar surface area (TPSA) is 63.6 Å². The van der Waals surface area contributed by atoms with Gasteiger partial charge in [0.05, 0.1) is 6.42 Å². The highest BCUT2D eigenvalue weighted by atomic mass is 16.6. The quantitative estimate of drug-likeness (QED) is 0.596. The van der Waals surface area contributed by atoms with Crippen molar-refractivity contribution in [1.29, 1.82) is 0 Å². The average molecular weight is 158 g/mol. The molecule has 62 valence electrons. The summed E-state index contributed by atoms with van der Waals surface area (Å²) in [6, 6.07) is 0. The Hall–Kier alpha value is -1.06. The third-order valence-corrected chi connectivity index (χ3v) is 1.74. The highest BCUT2D eigenvalue weighted by Gasteiger charge is 2.37. The normalized spacial score (nSPS) is 30.1. The van der Waals surface area contributed by atoms with E-state index < -0.39 is 11.6 Å². The lowest BCUT2D eigenvalue weighted by atomic mass is 9.99. The Morgan fingerprint density at radius 3 is 2.82 bits per heavy atom. The maximum atomic E-state index is 10.6. The Labute approximate surface area is 64.2 Å². The fourth-order valence-corrected chi connectivity index (χ4v) is 1.19. The van der Waals surface area contributed by atoms with Crippen LogP contribution in [0.5, 0.6) is 0 Å². The molecule has 1 atom stereocenters. The van der Waals surface area contributed by atoms with Gasteiger partial charge in [-0.25, -0.2) is 0 Å². The minimum Gasteiger partial charge on any atom is -0.481 e. The summed E-state index contributed by atoms with van der Waals surface area (Å²) in [5.74, 6) is -1.23. The van der Waals surface area contributed by atoms with Crippen molar-refractivity contribution in [3.8, 4) is 0 Å². The molecule has 0 aromatic heterocycles. The van der Waals surface area contributed by atoms with Gasteiger partial charge in [-0.3, -0.25) is 9.59 Å². The number of carbonyl (C=O) groups excluding carboxylic acids is 1. The molecule has 1 rings (SSSR count). The van der Waals surface area contributed by atoms with Crippen molar-refractivity contribution in [2.24, 2.45) is 0 Å². The van der Waals surface area contributed by atoms with E-state index in [4.69, 9.17) is 9.84 Å². The van der Waals surface area contributed by atoms with Crippen LogP contribution in [-0.2, 0) is 14.3 Å². The maximum absolute atomic E-state index is 10.6. The second kappa shape index (κ2) is 2.53. The molecule has 0 spiro atoms. The van der Waals surface area contributed by atoms with Gasteiger partial charge in [-0.15, -0.1) is 0 Å². The molecule has 0 aliphatic carbocycles. The summed E-state index contributed by atoms with van der Waals surface area (Å²) in [5.41, 5.74) is -0.761. The zero-order valence-electron chi connectivity index (χ0n) is 6.29. The molecule has 1 fully saturated rings. The second-order valence-electron chi connectivity index (χ2n) is 2.99. The van der Waals surface area contributed by atoms with E-state index in [0.29, 0.717) is 12.8 Å². The maximum Gasteiger partial charge on any atom is 0.307 e. The van der Waals surface area contributed by atoms with Gasteiger partial charge in [0.25, 0.3) is 0 Å². The lowest BCUT2D eigenvalue weighted by Gasteiger charge is -2.19. The van der Waals surface area contributed by atoms with E-state index in [1.165, 1.54) is 0 Å². The number of ether oxygens (including phenoxy) is 1. The summed E-state index contributed by atoms with van der Waals surface area (Å²) < 4.78 is 4.84. The van der Waals surface area contributed by atoms with E-state index in [1.54, 1.807) is 6.92 Å². The molecule has 0 amide bonds. The van der Waals surface area contributed by atoms with E-state index >= 15 is 0 Å². The predicted octanol–water partition coefficient (Wildman–Crippen LogP) is 0.557. The van der Waals surface area contributed by atoms with Crippen LogP contribution in [0.4, 0.5) is 0 Å². The summed E-state index contributed by atoms with van der Waals surface area (Å²) in [6.45, 7) is 1.64. The molecule has 1 saturated heterocycles. The van der Waals surface area contributed by atoms with Crippen LogP contribution in [0.25, 0.3) is 0 Å². The molecule has 0 bridgehead atoms. The van der Waals surface area contributed by atoms with Crippen molar-refractivity contribution in [2.75, 3.05) is 0 Å². The summed E-state index contributed by atoms with van der Waals surface area (Å²) in [6.07, 6.45) is 0.751. The van der Waals surface area contributed by atoms with Gasteiger partial charge in [0, 0.05) is 6.42 Å². The van der Waals surface area contributed by atoms with Crippen molar-refractivity contribution in [3.05, 3.63) is 0 Å². The fraction of sp³-hybridized carbons (Fsp3) is 0.714. The van der Waals surface area contributed by atoms with E-state index in [9.17, 15) is 9.59 Å². The molecule has 11 heavy (non-hydrogen) atoms. The molecule has 4 nitrogen and oxygen atoms in total. The number of hydrogen-bond donors (Lipinski definition) is 1. The van der Waals surface area contributed by atoms with Gasteiger partial charge in [-0.2, -0.15) is 0 Å². The standard InChI is InChI=1S/C7H10O4/c1-7(4-5(8)9)3-2-6(10)11-7/h2-4H2,1H3,(H,8,9)/t7-/m1/s1. The molecule has 0 aromatic rings.